The van der Waals surface area contributed by atoms with Crippen LogP contribution in [0.3, 0.4) is 0 Å². The molecule has 0 radical (unpaired) electrons. The predicted octanol–water partition coefficient (Wildman–Crippen LogP) is 0.154. The topological polar surface area (TPSA) is 111 Å². The average molecular weight is 227 g/mol. The summed E-state index contributed by atoms with van der Waals surface area (Å²) in [6.07, 6.45) is -0.892. The van der Waals surface area contributed by atoms with Gasteiger partial charge in [0.15, 0.2) is 5.69 Å². The number of amides is 1. The Balaban J connectivity index is 3.17. The number of aromatic nitrogens is 2. The van der Waals surface area contributed by atoms with Gasteiger partial charge < -0.3 is 15.2 Å². The van der Waals surface area contributed by atoms with Crippen LogP contribution in [0.25, 0.3) is 0 Å². The second kappa shape index (κ2) is 4.43. The van der Waals surface area contributed by atoms with E-state index in [9.17, 15) is 14.4 Å². The number of carboxylic acid groups (broad SMARTS) is 1. The lowest BCUT2D eigenvalue weighted by molar-refractivity contribution is -0.114. The highest BCUT2D eigenvalue weighted by Gasteiger charge is 2.18. The first-order valence-electron chi connectivity index (χ1n) is 4.15. The molecular formula is C8H9N3O5. The fourth-order valence-corrected chi connectivity index (χ4v) is 0.981. The molecule has 1 aromatic heterocycles. The average Bonchev–Trinajstić information content (AvgIpc) is 2.59. The zero-order chi connectivity index (χ0) is 12.3. The van der Waals surface area contributed by atoms with E-state index in [4.69, 9.17) is 5.11 Å². The van der Waals surface area contributed by atoms with Crippen LogP contribution >= 0.6 is 0 Å². The summed E-state index contributed by atoms with van der Waals surface area (Å²) in [4.78, 5) is 32.6. The molecule has 0 unspecified atom stereocenters. The Kier molecular flexibility index (Phi) is 3.24. The van der Waals surface area contributed by atoms with Crippen molar-refractivity contribution in [2.24, 2.45) is 0 Å². The minimum Gasteiger partial charge on any atom is -0.476 e. The van der Waals surface area contributed by atoms with Gasteiger partial charge in [-0.15, -0.1) is 4.68 Å². The van der Waals surface area contributed by atoms with E-state index in [0.717, 1.165) is 13.2 Å². The van der Waals surface area contributed by atoms with Crippen molar-refractivity contribution in [2.45, 2.75) is 6.92 Å². The summed E-state index contributed by atoms with van der Waals surface area (Å²) >= 11 is 0. The van der Waals surface area contributed by atoms with Crippen molar-refractivity contribution in [1.29, 1.82) is 0 Å². The summed E-state index contributed by atoms with van der Waals surface area (Å²) in [6.45, 7) is 1.22. The molecule has 0 spiro atoms. The predicted molar refractivity (Wildman–Crippen MR) is 51.3 cm³/mol. The van der Waals surface area contributed by atoms with E-state index >= 15 is 0 Å². The maximum atomic E-state index is 11.2. The van der Waals surface area contributed by atoms with E-state index in [1.54, 1.807) is 0 Å². The van der Waals surface area contributed by atoms with Crippen LogP contribution in [0, 0.1) is 0 Å². The van der Waals surface area contributed by atoms with Crippen LogP contribution in [0.2, 0.25) is 0 Å². The van der Waals surface area contributed by atoms with Crippen LogP contribution in [0.5, 0.6) is 0 Å². The van der Waals surface area contributed by atoms with E-state index in [1.807, 2.05) is 0 Å². The molecule has 0 atom stereocenters. The number of aromatic carboxylic acids is 1. The molecule has 2 N–H and O–H groups in total. The summed E-state index contributed by atoms with van der Waals surface area (Å²) in [5, 5.41) is 14.4. The lowest BCUT2D eigenvalue weighted by Crippen LogP contribution is -2.18. The Hall–Kier alpha value is -2.38. The van der Waals surface area contributed by atoms with Gasteiger partial charge in [0.2, 0.25) is 5.91 Å². The summed E-state index contributed by atoms with van der Waals surface area (Å²) < 4.78 is 5.03. The zero-order valence-electron chi connectivity index (χ0n) is 8.55. The third-order valence-electron chi connectivity index (χ3n) is 1.58. The monoisotopic (exact) mass is 227 g/mol. The van der Waals surface area contributed by atoms with Crippen LogP contribution in [-0.2, 0) is 9.53 Å². The molecule has 8 heteroatoms. The van der Waals surface area contributed by atoms with Gasteiger partial charge in [0.05, 0.1) is 7.11 Å². The minimum atomic E-state index is -1.31. The van der Waals surface area contributed by atoms with E-state index in [1.165, 1.54) is 6.92 Å². The van der Waals surface area contributed by atoms with Crippen LogP contribution in [0.15, 0.2) is 6.07 Å². The summed E-state index contributed by atoms with van der Waals surface area (Å²) in [7, 11) is 1.11. The first kappa shape index (κ1) is 11.7. The molecule has 1 rings (SSSR count). The summed E-state index contributed by atoms with van der Waals surface area (Å²) in [6, 6.07) is 1.06. The maximum absolute atomic E-state index is 11.2. The number of hydrogen-bond acceptors (Lipinski definition) is 5. The molecule has 16 heavy (non-hydrogen) atoms. The van der Waals surface area contributed by atoms with Gasteiger partial charge in [-0.05, 0) is 0 Å². The number of rotatable bonds is 2. The standard InChI is InChI=1S/C8H9N3O5/c1-4(12)9-6-3-5(7(13)14)10-11(6)8(15)16-2/h3H,1-2H3,(H,9,12)(H,13,14). The molecule has 0 fully saturated rings. The lowest BCUT2D eigenvalue weighted by atomic mass is 10.4. The second-order valence-electron chi connectivity index (χ2n) is 2.78. The number of hydrogen-bond donors (Lipinski definition) is 2. The molecule has 0 aromatic carbocycles. The molecule has 0 saturated heterocycles. The summed E-state index contributed by atoms with van der Waals surface area (Å²) in [5.41, 5.74) is -0.367. The van der Waals surface area contributed by atoms with Crippen LogP contribution in [-0.4, -0.2) is 40.0 Å². The van der Waals surface area contributed by atoms with Gasteiger partial charge in [-0.1, -0.05) is 0 Å². The van der Waals surface area contributed by atoms with Gasteiger partial charge in [-0.25, -0.2) is 9.59 Å². The van der Waals surface area contributed by atoms with Crippen molar-refractivity contribution in [3.8, 4) is 0 Å². The normalized spacial score (nSPS) is 9.62. The molecular weight excluding hydrogens is 218 g/mol. The van der Waals surface area contributed by atoms with Gasteiger partial charge >= 0.3 is 12.1 Å². The van der Waals surface area contributed by atoms with Gasteiger partial charge in [0, 0.05) is 13.0 Å². The second-order valence-corrected chi connectivity index (χ2v) is 2.78. The van der Waals surface area contributed by atoms with Crippen LogP contribution < -0.4 is 5.32 Å². The van der Waals surface area contributed by atoms with Gasteiger partial charge in [-0.2, -0.15) is 5.10 Å². The minimum absolute atomic E-state index is 0.0586. The van der Waals surface area contributed by atoms with Crippen molar-refractivity contribution < 1.29 is 24.2 Å². The quantitative estimate of drug-likeness (QED) is 0.744. The maximum Gasteiger partial charge on any atom is 0.436 e. The van der Waals surface area contributed by atoms with Crippen molar-refractivity contribution >= 4 is 23.8 Å². The van der Waals surface area contributed by atoms with E-state index in [-0.39, 0.29) is 11.5 Å². The highest BCUT2D eigenvalue weighted by molar-refractivity contribution is 5.93. The van der Waals surface area contributed by atoms with Crippen molar-refractivity contribution in [1.82, 2.24) is 9.78 Å². The Morgan fingerprint density at radius 1 is 1.50 bits per heavy atom. The van der Waals surface area contributed by atoms with Crippen molar-refractivity contribution in [2.75, 3.05) is 12.4 Å². The highest BCUT2D eigenvalue weighted by atomic mass is 16.5. The number of nitrogens with one attached hydrogen (secondary N) is 1. The zero-order valence-corrected chi connectivity index (χ0v) is 8.55. The van der Waals surface area contributed by atoms with Gasteiger partial charge in [0.25, 0.3) is 0 Å². The highest BCUT2D eigenvalue weighted by Crippen LogP contribution is 2.11. The molecule has 0 aliphatic heterocycles. The Bertz CT molecular complexity index is 451. The Morgan fingerprint density at radius 2 is 2.12 bits per heavy atom. The van der Waals surface area contributed by atoms with Crippen LogP contribution in [0.4, 0.5) is 10.6 Å². The molecule has 8 nitrogen and oxygen atoms in total. The largest absolute Gasteiger partial charge is 0.476 e. The number of ether oxygens (including phenoxy) is 1. The number of carboxylic acids is 1. The third-order valence-corrected chi connectivity index (χ3v) is 1.58. The molecule has 86 valence electrons. The molecule has 0 aliphatic carbocycles. The number of methoxy groups -OCH3 is 1. The fourth-order valence-electron chi connectivity index (χ4n) is 0.981. The van der Waals surface area contributed by atoms with Gasteiger partial charge in [-0.3, -0.25) is 4.79 Å². The third kappa shape index (κ3) is 2.35. The van der Waals surface area contributed by atoms with Crippen molar-refractivity contribution in [3.05, 3.63) is 11.8 Å². The van der Waals surface area contributed by atoms with E-state index < -0.39 is 18.0 Å². The van der Waals surface area contributed by atoms with E-state index in [2.05, 4.69) is 15.2 Å². The fraction of sp³-hybridized carbons (Fsp3) is 0.250. The van der Waals surface area contributed by atoms with Gasteiger partial charge in [0.1, 0.15) is 5.82 Å². The van der Waals surface area contributed by atoms with E-state index in [0.29, 0.717) is 4.68 Å². The molecule has 0 bridgehead atoms. The molecule has 1 aromatic rings. The smallest absolute Gasteiger partial charge is 0.436 e. The van der Waals surface area contributed by atoms with Crippen LogP contribution in [0.1, 0.15) is 17.4 Å². The molecule has 1 heterocycles. The lowest BCUT2D eigenvalue weighted by Gasteiger charge is -2.03. The first-order chi connectivity index (χ1) is 7.45. The Labute approximate surface area is 89.8 Å². The first-order valence-corrected chi connectivity index (χ1v) is 4.15. The molecule has 1 amide bonds. The SMILES string of the molecule is COC(=O)n1nc(C(=O)O)cc1NC(C)=O. The molecule has 0 aliphatic rings. The number of nitrogens with zero attached hydrogens (tertiary/aromatic N) is 2. The number of carbonyl (C=O) groups is 3. The number of carbonyl (C=O) groups excluding carboxylic acids is 2. The summed E-state index contributed by atoms with van der Waals surface area (Å²) in [5.74, 6) is -1.83. The number of anilines is 1. The Morgan fingerprint density at radius 3 is 2.56 bits per heavy atom. The molecule has 0 saturated carbocycles. The van der Waals surface area contributed by atoms with Crippen molar-refractivity contribution in [3.63, 3.8) is 0 Å².